The van der Waals surface area contributed by atoms with Crippen LogP contribution in [0.3, 0.4) is 0 Å². The third-order valence-corrected chi connectivity index (χ3v) is 8.18. The van der Waals surface area contributed by atoms with Gasteiger partial charge in [-0.25, -0.2) is 13.2 Å². The van der Waals surface area contributed by atoms with E-state index in [1.165, 1.54) is 43.1 Å². The number of hydrogen-bond donors (Lipinski definition) is 1. The lowest BCUT2D eigenvalue weighted by Gasteiger charge is -2.45. The van der Waals surface area contributed by atoms with Gasteiger partial charge >= 0.3 is 5.97 Å². The molecular weight excluding hydrogens is 390 g/mol. The maximum atomic E-state index is 13.4. The summed E-state index contributed by atoms with van der Waals surface area (Å²) >= 11 is 1.36. The summed E-state index contributed by atoms with van der Waals surface area (Å²) < 4.78 is 36.5. The number of esters is 1. The predicted octanol–water partition coefficient (Wildman–Crippen LogP) is 2.24. The Morgan fingerprint density at radius 2 is 1.78 bits per heavy atom. The molecule has 152 valence electrons. The van der Waals surface area contributed by atoms with Crippen molar-refractivity contribution < 1.29 is 27.8 Å². The lowest BCUT2D eigenvalue weighted by atomic mass is 9.98. The largest absolute Gasteiger partial charge is 0.497 e. The van der Waals surface area contributed by atoms with Crippen molar-refractivity contribution in [2.75, 3.05) is 26.5 Å². The van der Waals surface area contributed by atoms with Crippen molar-refractivity contribution in [3.8, 4) is 5.75 Å². The fourth-order valence-electron chi connectivity index (χ4n) is 3.08. The summed E-state index contributed by atoms with van der Waals surface area (Å²) in [5.41, 5.74) is -2.34. The van der Waals surface area contributed by atoms with E-state index in [1.54, 1.807) is 13.8 Å². The predicted molar refractivity (Wildman–Crippen MR) is 104 cm³/mol. The van der Waals surface area contributed by atoms with Crippen LogP contribution in [0.4, 0.5) is 0 Å². The Morgan fingerprint density at radius 1 is 1.15 bits per heavy atom. The summed E-state index contributed by atoms with van der Waals surface area (Å²) in [6.45, 7) is 3.34. The molecule has 27 heavy (non-hydrogen) atoms. The third kappa shape index (κ3) is 4.11. The van der Waals surface area contributed by atoms with Crippen LogP contribution in [-0.4, -0.2) is 60.8 Å². The van der Waals surface area contributed by atoms with Crippen LogP contribution in [0.25, 0.3) is 0 Å². The van der Waals surface area contributed by atoms with Crippen LogP contribution in [0.5, 0.6) is 5.75 Å². The molecule has 0 radical (unpaired) electrons. The minimum atomic E-state index is -4.16. The van der Waals surface area contributed by atoms with Crippen LogP contribution in [0.1, 0.15) is 33.1 Å². The number of sulfonamides is 1. The van der Waals surface area contributed by atoms with Crippen molar-refractivity contribution in [1.29, 1.82) is 0 Å². The van der Waals surface area contributed by atoms with Gasteiger partial charge in [0.25, 0.3) is 0 Å². The van der Waals surface area contributed by atoms with Gasteiger partial charge in [-0.3, -0.25) is 0 Å². The smallest absolute Gasteiger partial charge is 0.356 e. The van der Waals surface area contributed by atoms with E-state index >= 15 is 0 Å². The zero-order valence-corrected chi connectivity index (χ0v) is 17.7. The molecule has 1 saturated heterocycles. The Labute approximate surface area is 165 Å². The SMILES string of the molecule is COC(=O)C1(O)N(S(=O)(=O)c2ccc(OC)cc2)CCCCCSC1(C)C. The van der Waals surface area contributed by atoms with Crippen LogP contribution < -0.4 is 4.74 Å². The molecule has 1 N–H and O–H groups in total. The standard InChI is InChI=1S/C18H27NO6S2/c1-17(2)18(21,16(20)25-4)19(12-6-5-7-13-26-17)27(22,23)15-10-8-14(24-3)9-11-15/h8-11,21H,5-7,12-13H2,1-4H3. The quantitative estimate of drug-likeness (QED) is 0.751. The van der Waals surface area contributed by atoms with Crippen LogP contribution in [-0.2, 0) is 19.6 Å². The Kier molecular flexibility index (Phi) is 6.83. The number of ether oxygens (including phenoxy) is 2. The maximum Gasteiger partial charge on any atom is 0.356 e. The molecule has 1 aliphatic rings. The highest BCUT2D eigenvalue weighted by Crippen LogP contribution is 2.43. The molecule has 1 fully saturated rings. The molecule has 0 saturated carbocycles. The van der Waals surface area contributed by atoms with E-state index in [2.05, 4.69) is 0 Å². The highest BCUT2D eigenvalue weighted by atomic mass is 32.2. The van der Waals surface area contributed by atoms with Crippen LogP contribution in [0.2, 0.25) is 0 Å². The van der Waals surface area contributed by atoms with Gasteiger partial charge in [0.1, 0.15) is 5.75 Å². The molecular formula is C18H27NO6S2. The second kappa shape index (κ2) is 8.38. The molecule has 1 atom stereocenters. The zero-order chi connectivity index (χ0) is 20.3. The summed E-state index contributed by atoms with van der Waals surface area (Å²) in [6.07, 6.45) is 2.21. The summed E-state index contributed by atoms with van der Waals surface area (Å²) in [5, 5.41) is 11.5. The van der Waals surface area contributed by atoms with Crippen molar-refractivity contribution in [2.45, 2.75) is 48.5 Å². The first-order chi connectivity index (χ1) is 12.6. The molecule has 1 unspecified atom stereocenters. The first-order valence-corrected chi connectivity index (χ1v) is 11.2. The lowest BCUT2D eigenvalue weighted by Crippen LogP contribution is -2.67. The van der Waals surface area contributed by atoms with Gasteiger partial charge in [0.2, 0.25) is 15.7 Å². The summed E-state index contributed by atoms with van der Waals surface area (Å²) in [5.74, 6) is 0.236. The van der Waals surface area contributed by atoms with Gasteiger partial charge in [-0.1, -0.05) is 6.42 Å². The van der Waals surface area contributed by atoms with Gasteiger partial charge in [0, 0.05) is 6.54 Å². The van der Waals surface area contributed by atoms with Gasteiger partial charge in [0.05, 0.1) is 23.9 Å². The Bertz CT molecular complexity index is 763. The molecule has 0 bridgehead atoms. The normalized spacial score (nSPS) is 24.3. The van der Waals surface area contributed by atoms with Crippen LogP contribution >= 0.6 is 11.8 Å². The molecule has 0 aromatic heterocycles. The van der Waals surface area contributed by atoms with Crippen molar-refractivity contribution in [1.82, 2.24) is 4.31 Å². The molecule has 0 spiro atoms. The summed E-state index contributed by atoms with van der Waals surface area (Å²) in [6, 6.07) is 5.86. The maximum absolute atomic E-state index is 13.4. The topological polar surface area (TPSA) is 93.1 Å². The van der Waals surface area contributed by atoms with Gasteiger partial charge < -0.3 is 14.6 Å². The number of thioether (sulfide) groups is 1. The molecule has 9 heteroatoms. The molecule has 7 nitrogen and oxygen atoms in total. The van der Waals surface area contributed by atoms with E-state index in [0.29, 0.717) is 17.9 Å². The highest BCUT2D eigenvalue weighted by molar-refractivity contribution is 8.00. The number of carbonyl (C=O) groups excluding carboxylic acids is 1. The molecule has 1 aromatic rings. The Morgan fingerprint density at radius 3 is 2.33 bits per heavy atom. The second-order valence-corrected chi connectivity index (χ2v) is 10.4. The lowest BCUT2D eigenvalue weighted by molar-refractivity contribution is -0.181. The first kappa shape index (κ1) is 22.0. The Hall–Kier alpha value is -1.29. The number of benzene rings is 1. The van der Waals surface area contributed by atoms with Crippen LogP contribution in [0, 0.1) is 0 Å². The minimum absolute atomic E-state index is 0.0178. The van der Waals surface area contributed by atoms with E-state index in [-0.39, 0.29) is 11.4 Å². The monoisotopic (exact) mass is 417 g/mol. The Balaban J connectivity index is 2.62. The summed E-state index contributed by atoms with van der Waals surface area (Å²) in [4.78, 5) is 12.6. The minimum Gasteiger partial charge on any atom is -0.497 e. The number of carbonyl (C=O) groups is 1. The average molecular weight is 418 g/mol. The van der Waals surface area contributed by atoms with E-state index in [9.17, 15) is 18.3 Å². The molecule has 0 aliphatic carbocycles. The van der Waals surface area contributed by atoms with E-state index in [1.807, 2.05) is 0 Å². The summed E-state index contributed by atoms with van der Waals surface area (Å²) in [7, 11) is -1.53. The molecule has 0 amide bonds. The van der Waals surface area contributed by atoms with Gasteiger partial charge in [-0.15, -0.1) is 0 Å². The number of rotatable bonds is 4. The van der Waals surface area contributed by atoms with E-state index in [4.69, 9.17) is 9.47 Å². The van der Waals surface area contributed by atoms with E-state index < -0.39 is 26.5 Å². The van der Waals surface area contributed by atoms with Crippen molar-refractivity contribution in [3.05, 3.63) is 24.3 Å². The molecule has 1 aliphatic heterocycles. The fraction of sp³-hybridized carbons (Fsp3) is 0.611. The number of hydrogen-bond acceptors (Lipinski definition) is 7. The van der Waals surface area contributed by atoms with Crippen molar-refractivity contribution in [3.63, 3.8) is 0 Å². The second-order valence-electron chi connectivity index (χ2n) is 6.84. The van der Waals surface area contributed by atoms with Gasteiger partial charge in [0.15, 0.2) is 0 Å². The third-order valence-electron chi connectivity index (χ3n) is 4.79. The van der Waals surface area contributed by atoms with Crippen molar-refractivity contribution >= 4 is 27.8 Å². The average Bonchev–Trinajstić information content (AvgIpc) is 2.70. The zero-order valence-electron chi connectivity index (χ0n) is 16.1. The van der Waals surface area contributed by atoms with Crippen molar-refractivity contribution in [2.24, 2.45) is 0 Å². The first-order valence-electron chi connectivity index (χ1n) is 8.73. The van der Waals surface area contributed by atoms with Crippen LogP contribution in [0.15, 0.2) is 29.2 Å². The molecule has 1 aromatic carbocycles. The number of nitrogens with zero attached hydrogens (tertiary/aromatic N) is 1. The number of methoxy groups -OCH3 is 2. The molecule has 2 rings (SSSR count). The van der Waals surface area contributed by atoms with Gasteiger partial charge in [-0.2, -0.15) is 16.1 Å². The number of aliphatic hydroxyl groups is 1. The van der Waals surface area contributed by atoms with Gasteiger partial charge in [-0.05, 0) is 56.7 Å². The molecule has 1 heterocycles. The highest BCUT2D eigenvalue weighted by Gasteiger charge is 2.59. The van der Waals surface area contributed by atoms with E-state index in [0.717, 1.165) is 24.3 Å². The fourth-order valence-corrected chi connectivity index (χ4v) is 6.15.